The Hall–Kier alpha value is -10.1. The molecule has 12 aliphatic rings. The zero-order valence-electron chi connectivity index (χ0n) is 81.2. The third-order valence-electron chi connectivity index (χ3n) is 30.7. The van der Waals surface area contributed by atoms with E-state index in [1.807, 2.05) is 104 Å². The molecule has 0 aromatic carbocycles. The van der Waals surface area contributed by atoms with Crippen LogP contribution in [0.2, 0.25) is 0 Å². The van der Waals surface area contributed by atoms with Crippen molar-refractivity contribution in [3.05, 3.63) is 0 Å². The molecule has 3 unspecified atom stereocenters. The minimum atomic E-state index is -1.10. The third kappa shape index (κ3) is 25.9. The lowest BCUT2D eigenvalue weighted by Crippen LogP contribution is -2.62. The Kier molecular flexibility index (Phi) is 33.5. The molecule has 3 heterocycles. The number of rotatable bonds is 38. The molecule has 39 nitrogen and oxygen atoms in total. The molecule has 15 N–H and O–H groups in total. The molecule has 0 aromatic heterocycles. The maximum Gasteiger partial charge on any atom is 0.508 e. The van der Waals surface area contributed by atoms with Gasteiger partial charge in [-0.1, -0.05) is 182 Å². The lowest BCUT2D eigenvalue weighted by atomic mass is 9.80. The predicted octanol–water partition coefficient (Wildman–Crippen LogP) is 5.84. The molecule has 3 aliphatic heterocycles. The summed E-state index contributed by atoms with van der Waals surface area (Å²) >= 11 is 0. The number of nitrogens with one attached hydrogen (secondary N) is 9. The summed E-state index contributed by atoms with van der Waals surface area (Å²) in [5.41, 5.74) is 13.2. The van der Waals surface area contributed by atoms with Gasteiger partial charge in [0.2, 0.25) is 52.8 Å². The maximum atomic E-state index is 14.2. The van der Waals surface area contributed by atoms with Gasteiger partial charge in [0.15, 0.2) is 0 Å². The lowest BCUT2D eigenvalue weighted by Gasteiger charge is -2.39. The SMILES string of the molecule is CC(C)[C@@H](COC(=O)OCC1CC1)NC(=O)N[C@H](C(=O)N1C[C@H]2[C@@H]([C@H]1C(=O)NC(CC1CCC1)C(=O)C(N)=O)C2(C)C)C(C)(C)C.COC(=O)OC[C@@H](NC(=O)N[C@H](C(=O)N1C[C@H]2[C@@H]([C@H]1C(=O)NC(CC1CC1)C(=O)C(N)=O)C2(C)C)C(C)(C)C)C1CCC1.COC(=O)OC[C@@H](NC(=O)N[C@H](C(=O)N1C[C@H]2[C@@H]([C@H]1C(=O)NC(CC1CCC1)C(=O)C(N)=O)C2(C)C)C(C)(C)C)C1CCC1. The second-order valence-electron chi connectivity index (χ2n) is 44.8. The van der Waals surface area contributed by atoms with Crippen molar-refractivity contribution in [3.63, 3.8) is 0 Å². The van der Waals surface area contributed by atoms with Gasteiger partial charge in [-0.3, -0.25) is 57.5 Å². The summed E-state index contributed by atoms with van der Waals surface area (Å²) in [7, 11) is 2.42. The van der Waals surface area contributed by atoms with Gasteiger partial charge in [0.25, 0.3) is 17.7 Å². The average molecular weight is 1870 g/mol. The number of likely N-dealkylation sites (tertiary alicyclic amines) is 3. The van der Waals surface area contributed by atoms with Crippen LogP contribution >= 0.6 is 0 Å². The van der Waals surface area contributed by atoms with Crippen molar-refractivity contribution < 1.29 is 115 Å². The van der Waals surface area contributed by atoms with Gasteiger partial charge in [0, 0.05) is 19.6 Å². The second-order valence-corrected chi connectivity index (χ2v) is 44.8. The smallest absolute Gasteiger partial charge is 0.438 e. The van der Waals surface area contributed by atoms with E-state index < -0.39 is 196 Å². The molecule has 3 saturated heterocycles. The third-order valence-corrected chi connectivity index (χ3v) is 30.7. The first kappa shape index (κ1) is 105. The van der Waals surface area contributed by atoms with E-state index in [2.05, 4.69) is 71.2 Å². The Morgan fingerprint density at radius 1 is 0.353 bits per heavy atom. The Bertz CT molecular complexity index is 4360. The first-order valence-corrected chi connectivity index (χ1v) is 47.8. The van der Waals surface area contributed by atoms with Crippen LogP contribution in [-0.4, -0.2) is 255 Å². The molecule has 744 valence electrons. The highest BCUT2D eigenvalue weighted by atomic mass is 16.7. The molecular weight excluding hydrogens is 1720 g/mol. The van der Waals surface area contributed by atoms with Gasteiger partial charge in [-0.2, -0.15) is 0 Å². The van der Waals surface area contributed by atoms with Crippen LogP contribution in [0.3, 0.4) is 0 Å². The summed E-state index contributed by atoms with van der Waals surface area (Å²) in [6, 6.07) is -11.9. The quantitative estimate of drug-likeness (QED) is 0.0196. The van der Waals surface area contributed by atoms with Crippen LogP contribution in [0.4, 0.5) is 28.8 Å². The van der Waals surface area contributed by atoms with Crippen molar-refractivity contribution in [2.45, 2.75) is 312 Å². The minimum absolute atomic E-state index is 0.0578. The molecule has 39 heteroatoms. The summed E-state index contributed by atoms with van der Waals surface area (Å²) < 4.78 is 29.7. The molecule has 0 spiro atoms. The first-order valence-electron chi connectivity index (χ1n) is 47.8. The highest BCUT2D eigenvalue weighted by Gasteiger charge is 2.73. The molecule has 133 heavy (non-hydrogen) atoms. The number of ketones is 3. The van der Waals surface area contributed by atoms with Crippen LogP contribution in [0.25, 0.3) is 0 Å². The molecular formula is C94H149N15O24. The number of amides is 15. The zero-order chi connectivity index (χ0) is 98.5. The Labute approximate surface area is 779 Å². The van der Waals surface area contributed by atoms with Crippen LogP contribution in [0.15, 0.2) is 0 Å². The van der Waals surface area contributed by atoms with Crippen molar-refractivity contribution in [3.8, 4) is 0 Å². The van der Waals surface area contributed by atoms with Crippen molar-refractivity contribution >= 4 is 107 Å². The largest absolute Gasteiger partial charge is 0.508 e. The van der Waals surface area contributed by atoms with Gasteiger partial charge in [-0.15, -0.1) is 0 Å². The van der Waals surface area contributed by atoms with Crippen LogP contribution in [0.1, 0.15) is 240 Å². The first-order chi connectivity index (χ1) is 62.0. The highest BCUT2D eigenvalue weighted by Crippen LogP contribution is 2.67. The fraction of sp³-hybridized carbons (Fsp3) is 0.809. The number of Topliss-reactive ketones (excluding diaryl/α,β-unsaturated/α-hetero) is 3. The van der Waals surface area contributed by atoms with E-state index in [-0.39, 0.29) is 107 Å². The number of hydrogen-bond donors (Lipinski definition) is 12. The topological polar surface area (TPSA) is 559 Å². The number of methoxy groups -OCH3 is 2. The zero-order valence-corrected chi connectivity index (χ0v) is 81.2. The number of fused-ring (bicyclic) bond motifs is 3. The van der Waals surface area contributed by atoms with Gasteiger partial charge in [0.05, 0.1) is 57.1 Å². The van der Waals surface area contributed by atoms with E-state index in [0.717, 1.165) is 103 Å². The van der Waals surface area contributed by atoms with E-state index in [9.17, 15) is 86.3 Å². The fourth-order valence-electron chi connectivity index (χ4n) is 20.5. The minimum Gasteiger partial charge on any atom is -0.438 e. The number of carbonyl (C=O) groups excluding carboxylic acids is 18. The summed E-state index contributed by atoms with van der Waals surface area (Å²) in [5, 5.41) is 25.4. The van der Waals surface area contributed by atoms with Crippen molar-refractivity contribution in [1.29, 1.82) is 0 Å². The van der Waals surface area contributed by atoms with Crippen LogP contribution in [0.5, 0.6) is 0 Å². The standard InChI is InChI=1S/C33H53N5O8.C31H49N5O8.C30H47N5O8/c1-17(2)22(16-46-31(44)45-15-19-11-12-19)36-30(43)37-26(32(3,4)5)29(42)38-14-20-23(33(20,6)7)24(38)28(41)35-21(25(39)27(34)40)13-18-9-8-10-18;1-30(2,3)24(35-28(41)34-20(17-11-8-12-17)15-44-29(42)43-6)27(40)36-14-18-21(31(18,4)5)22(36)26(39)33-19(23(37)25(32)38)13-16-9-7-10-16;1-29(2,3)23(34-27(40)33-19(16-8-7-9-16)14-43-28(41)42-6)26(39)35-13-17-20(30(17,4)5)21(35)25(38)32-18(12-15-10-11-15)22(36)24(31)37/h17-24,26H,8-16H2,1-7H3,(H2,34,40)(H,35,41)(H2,36,37,43);16-22,24H,7-15H2,1-6H3,(H2,32,38)(H,33,39)(H2,34,35,41);15-21,23H,7-14H2,1-6H3,(H2,31,37)(H,32,38)(H2,33,34,40)/t20-,21?,22+,23-,24-,26+;18-,19?,20+,21-,22-,24+;17-,18?,19+,20-,21-,23+/m000/s1. The average Bonchev–Trinajstić information content (AvgIpc) is 1.53. The van der Waals surface area contributed by atoms with Crippen molar-refractivity contribution in [2.75, 3.05) is 60.3 Å². The number of urea groups is 3. The Morgan fingerprint density at radius 3 is 0.872 bits per heavy atom. The Balaban J connectivity index is 0.000000207. The van der Waals surface area contributed by atoms with E-state index >= 15 is 0 Å². The normalized spacial score (nSPS) is 25.8. The van der Waals surface area contributed by atoms with Gasteiger partial charge in [0.1, 0.15) is 56.1 Å². The van der Waals surface area contributed by atoms with Gasteiger partial charge in [-0.25, -0.2) is 28.8 Å². The molecule has 12 fully saturated rings. The molecule has 18 atom stereocenters. The highest BCUT2D eigenvalue weighted by molar-refractivity contribution is 6.39. The van der Waals surface area contributed by atoms with Crippen molar-refractivity contribution in [2.24, 2.45) is 127 Å². The van der Waals surface area contributed by atoms with E-state index in [4.69, 9.17) is 36.1 Å². The molecule has 0 aromatic rings. The summed E-state index contributed by atoms with van der Waals surface area (Å²) in [6.45, 7) is 33.6. The van der Waals surface area contributed by atoms with Crippen molar-refractivity contribution in [1.82, 2.24) is 62.6 Å². The van der Waals surface area contributed by atoms with E-state index in [1.54, 1.807) is 0 Å². The molecule has 15 amide bonds. The van der Waals surface area contributed by atoms with Crippen LogP contribution in [0, 0.1) is 109 Å². The molecule has 0 radical (unpaired) electrons. The summed E-state index contributed by atoms with van der Waals surface area (Å²) in [5.74, 6) is -7.43. The number of nitrogens with zero attached hydrogens (tertiary/aromatic N) is 3. The number of nitrogens with two attached hydrogens (primary N) is 3. The molecule has 9 aliphatic carbocycles. The number of hydrogen-bond acceptors (Lipinski definition) is 24. The monoisotopic (exact) mass is 1870 g/mol. The fourth-order valence-corrected chi connectivity index (χ4v) is 20.5. The summed E-state index contributed by atoms with van der Waals surface area (Å²) in [6.07, 6.45) is 13.7. The number of carbonyl (C=O) groups is 18. The lowest BCUT2D eigenvalue weighted by molar-refractivity contribution is -0.145. The van der Waals surface area contributed by atoms with Gasteiger partial charge >= 0.3 is 36.6 Å². The Morgan fingerprint density at radius 2 is 0.632 bits per heavy atom. The van der Waals surface area contributed by atoms with Crippen LogP contribution < -0.4 is 65.1 Å². The molecule has 9 saturated carbocycles. The summed E-state index contributed by atoms with van der Waals surface area (Å²) in [4.78, 5) is 237. The van der Waals surface area contributed by atoms with Crippen LogP contribution in [-0.2, 0) is 86.0 Å². The molecule has 12 rings (SSSR count). The van der Waals surface area contributed by atoms with Gasteiger partial charge < -0.3 is 108 Å². The predicted molar refractivity (Wildman–Crippen MR) is 481 cm³/mol. The van der Waals surface area contributed by atoms with E-state index in [0.29, 0.717) is 51.4 Å². The number of piperidine rings is 3. The number of primary amides is 3. The second kappa shape index (κ2) is 42.4. The maximum absolute atomic E-state index is 14.2. The van der Waals surface area contributed by atoms with Gasteiger partial charge in [-0.05, 0) is 167 Å². The van der Waals surface area contributed by atoms with E-state index in [1.165, 1.54) is 28.9 Å². The molecule has 0 bridgehead atoms. The number of ether oxygens (including phenoxy) is 6.